The number of H-pyrrole nitrogens is 1. The Labute approximate surface area is 144 Å². The van der Waals surface area contributed by atoms with Crippen molar-refractivity contribution in [3.63, 3.8) is 0 Å². The lowest BCUT2D eigenvalue weighted by atomic mass is 9.97. The van der Waals surface area contributed by atoms with Gasteiger partial charge in [-0.05, 0) is 50.3 Å². The Kier molecular flexibility index (Phi) is 5.35. The van der Waals surface area contributed by atoms with Crippen molar-refractivity contribution in [2.24, 2.45) is 0 Å². The Morgan fingerprint density at radius 2 is 2.00 bits per heavy atom. The number of aryl methyl sites for hydroxylation is 1. The lowest BCUT2D eigenvalue weighted by Gasteiger charge is -2.14. The number of benzene rings is 1. The summed E-state index contributed by atoms with van der Waals surface area (Å²) in [5.74, 6) is 0.377. The minimum absolute atomic E-state index is 0.000131. The van der Waals surface area contributed by atoms with Gasteiger partial charge in [0.2, 0.25) is 0 Å². The highest BCUT2D eigenvalue weighted by Crippen LogP contribution is 2.22. The molecule has 24 heavy (non-hydrogen) atoms. The van der Waals surface area contributed by atoms with Crippen LogP contribution in [0, 0.1) is 0 Å². The molecule has 0 saturated carbocycles. The summed E-state index contributed by atoms with van der Waals surface area (Å²) in [6.45, 7) is 2.16. The van der Waals surface area contributed by atoms with E-state index in [4.69, 9.17) is 4.74 Å². The van der Waals surface area contributed by atoms with Gasteiger partial charge in [0.15, 0.2) is 5.16 Å². The third kappa shape index (κ3) is 3.87. The molecule has 0 bridgehead atoms. The number of fused-ring (bicyclic) bond motifs is 1. The molecule has 1 aromatic heterocycles. The van der Waals surface area contributed by atoms with E-state index >= 15 is 0 Å². The average Bonchev–Trinajstić information content (AvgIpc) is 2.61. The van der Waals surface area contributed by atoms with Crippen LogP contribution in [-0.4, -0.2) is 22.5 Å². The van der Waals surface area contributed by atoms with E-state index in [2.05, 4.69) is 9.97 Å². The van der Waals surface area contributed by atoms with Gasteiger partial charge in [-0.25, -0.2) is 9.78 Å². The molecule has 3 rings (SSSR count). The van der Waals surface area contributed by atoms with Crippen LogP contribution in [0.3, 0.4) is 0 Å². The third-order valence-corrected chi connectivity index (χ3v) is 4.95. The van der Waals surface area contributed by atoms with Crippen LogP contribution in [0.5, 0.6) is 0 Å². The van der Waals surface area contributed by atoms with Gasteiger partial charge in [0.05, 0.1) is 17.9 Å². The van der Waals surface area contributed by atoms with Gasteiger partial charge in [-0.15, -0.1) is 0 Å². The zero-order valence-corrected chi connectivity index (χ0v) is 14.4. The van der Waals surface area contributed by atoms with Crippen LogP contribution in [0.4, 0.5) is 0 Å². The van der Waals surface area contributed by atoms with Gasteiger partial charge < -0.3 is 9.72 Å². The van der Waals surface area contributed by atoms with Crippen molar-refractivity contribution < 1.29 is 9.53 Å². The summed E-state index contributed by atoms with van der Waals surface area (Å²) in [6, 6.07) is 7.32. The summed E-state index contributed by atoms with van der Waals surface area (Å²) < 4.78 is 4.97. The zero-order chi connectivity index (χ0) is 16.9. The Morgan fingerprint density at radius 3 is 2.75 bits per heavy atom. The summed E-state index contributed by atoms with van der Waals surface area (Å²) in [7, 11) is 0. The molecular weight excluding hydrogens is 324 g/mol. The number of aromatic nitrogens is 2. The lowest BCUT2D eigenvalue weighted by Crippen LogP contribution is -2.21. The van der Waals surface area contributed by atoms with Gasteiger partial charge >= 0.3 is 5.97 Å². The van der Waals surface area contributed by atoms with Crippen LogP contribution in [0.15, 0.2) is 34.2 Å². The minimum Gasteiger partial charge on any atom is -0.462 e. The normalized spacial score (nSPS) is 13.4. The fourth-order valence-corrected chi connectivity index (χ4v) is 3.59. The highest BCUT2D eigenvalue weighted by atomic mass is 32.2. The zero-order valence-electron chi connectivity index (χ0n) is 13.6. The molecule has 0 radical (unpaired) electrons. The Bertz CT molecular complexity index is 784. The molecule has 0 atom stereocenters. The number of esters is 1. The van der Waals surface area contributed by atoms with Crippen molar-refractivity contribution in [3.05, 3.63) is 57.0 Å². The molecule has 0 fully saturated rings. The van der Waals surface area contributed by atoms with Crippen molar-refractivity contribution in [2.45, 2.75) is 43.5 Å². The Morgan fingerprint density at radius 1 is 1.25 bits per heavy atom. The molecule has 0 unspecified atom stereocenters. The van der Waals surface area contributed by atoms with Crippen LogP contribution < -0.4 is 5.56 Å². The maximum absolute atomic E-state index is 12.1. The van der Waals surface area contributed by atoms with E-state index in [9.17, 15) is 9.59 Å². The van der Waals surface area contributed by atoms with Gasteiger partial charge in [0.1, 0.15) is 0 Å². The molecule has 1 aliphatic carbocycles. The Hall–Kier alpha value is -2.08. The number of ether oxygens (including phenoxy) is 1. The molecule has 1 N–H and O–H groups in total. The lowest BCUT2D eigenvalue weighted by molar-refractivity contribution is 0.0526. The molecular formula is C18H20N2O3S. The van der Waals surface area contributed by atoms with Crippen LogP contribution in [-0.2, 0) is 23.3 Å². The third-order valence-electron chi connectivity index (χ3n) is 4.01. The molecule has 1 aliphatic rings. The van der Waals surface area contributed by atoms with Crippen LogP contribution in [0.25, 0.3) is 0 Å². The van der Waals surface area contributed by atoms with Crippen molar-refractivity contribution in [1.82, 2.24) is 9.97 Å². The van der Waals surface area contributed by atoms with E-state index in [1.807, 2.05) is 12.1 Å². The Balaban J connectivity index is 1.66. The predicted octanol–water partition coefficient (Wildman–Crippen LogP) is 3.12. The number of aromatic amines is 1. The number of hydrogen-bond acceptors (Lipinski definition) is 5. The van der Waals surface area contributed by atoms with Gasteiger partial charge in [-0.1, -0.05) is 23.9 Å². The predicted molar refractivity (Wildman–Crippen MR) is 93.5 cm³/mol. The molecule has 0 amide bonds. The topological polar surface area (TPSA) is 72.0 Å². The molecule has 126 valence electrons. The molecule has 6 heteroatoms. The van der Waals surface area contributed by atoms with Crippen LogP contribution in [0.1, 0.15) is 46.9 Å². The maximum atomic E-state index is 12.1. The summed E-state index contributed by atoms with van der Waals surface area (Å²) in [5, 5.41) is 0.662. The second kappa shape index (κ2) is 7.66. The first-order valence-electron chi connectivity index (χ1n) is 8.18. The van der Waals surface area contributed by atoms with Crippen LogP contribution >= 0.6 is 11.8 Å². The number of nitrogens with one attached hydrogen (secondary N) is 1. The highest BCUT2D eigenvalue weighted by Gasteiger charge is 2.15. The second-order valence-corrected chi connectivity index (χ2v) is 6.67. The van der Waals surface area contributed by atoms with E-state index in [0.29, 0.717) is 23.1 Å². The molecule has 0 saturated heterocycles. The molecule has 0 spiro atoms. The monoisotopic (exact) mass is 344 g/mol. The minimum atomic E-state index is -0.308. The first kappa shape index (κ1) is 16.8. The number of nitrogens with zero attached hydrogens (tertiary/aromatic N) is 1. The van der Waals surface area contributed by atoms with Gasteiger partial charge in [-0.3, -0.25) is 4.79 Å². The van der Waals surface area contributed by atoms with Crippen molar-refractivity contribution in [1.29, 1.82) is 0 Å². The summed E-state index contributed by atoms with van der Waals surface area (Å²) in [6.07, 6.45) is 3.89. The number of rotatable bonds is 5. The second-order valence-electron chi connectivity index (χ2n) is 5.71. The maximum Gasteiger partial charge on any atom is 0.338 e. The SMILES string of the molecule is CCOC(=O)c1ccc(CSc2nc3c(c(=O)[nH]2)CCCC3)cc1. The standard InChI is InChI=1S/C18H20N2O3S/c1-2-23-17(22)13-9-7-12(8-10-13)11-24-18-19-15-6-4-3-5-14(15)16(21)20-18/h7-10H,2-6,11H2,1H3,(H,19,20,21). The molecule has 5 nitrogen and oxygen atoms in total. The van der Waals surface area contributed by atoms with E-state index in [-0.39, 0.29) is 11.5 Å². The van der Waals surface area contributed by atoms with E-state index in [0.717, 1.165) is 42.5 Å². The molecule has 1 heterocycles. The van der Waals surface area contributed by atoms with E-state index in [1.54, 1.807) is 19.1 Å². The largest absolute Gasteiger partial charge is 0.462 e. The summed E-state index contributed by atoms with van der Waals surface area (Å²) >= 11 is 1.50. The van der Waals surface area contributed by atoms with Crippen LogP contribution in [0.2, 0.25) is 0 Å². The molecule has 2 aromatic rings. The number of hydrogen-bond donors (Lipinski definition) is 1. The van der Waals surface area contributed by atoms with E-state index in [1.165, 1.54) is 11.8 Å². The van der Waals surface area contributed by atoms with E-state index < -0.39 is 0 Å². The molecule has 0 aliphatic heterocycles. The summed E-state index contributed by atoms with van der Waals surface area (Å²) in [4.78, 5) is 31.2. The number of thioether (sulfide) groups is 1. The first-order valence-corrected chi connectivity index (χ1v) is 9.17. The van der Waals surface area contributed by atoms with Crippen molar-refractivity contribution in [3.8, 4) is 0 Å². The van der Waals surface area contributed by atoms with Gasteiger partial charge in [0, 0.05) is 11.3 Å². The molecule has 1 aromatic carbocycles. The highest BCUT2D eigenvalue weighted by molar-refractivity contribution is 7.98. The number of carbonyl (C=O) groups is 1. The quantitative estimate of drug-likeness (QED) is 0.512. The number of carbonyl (C=O) groups excluding carboxylic acids is 1. The summed E-state index contributed by atoms with van der Waals surface area (Å²) in [5.41, 5.74) is 3.41. The fraction of sp³-hybridized carbons (Fsp3) is 0.389. The van der Waals surface area contributed by atoms with Crippen molar-refractivity contribution in [2.75, 3.05) is 6.61 Å². The fourth-order valence-electron chi connectivity index (χ4n) is 2.75. The first-order chi connectivity index (χ1) is 11.7. The van der Waals surface area contributed by atoms with Crippen molar-refractivity contribution >= 4 is 17.7 Å². The average molecular weight is 344 g/mol. The van der Waals surface area contributed by atoms with Gasteiger partial charge in [0.25, 0.3) is 5.56 Å². The smallest absolute Gasteiger partial charge is 0.338 e. The van der Waals surface area contributed by atoms with Gasteiger partial charge in [-0.2, -0.15) is 0 Å².